The molecule has 4 heteroatoms. The monoisotopic (exact) mass is 291 g/mol. The lowest BCUT2D eigenvalue weighted by Crippen LogP contribution is -2.58. The second-order valence-corrected chi connectivity index (χ2v) is 6.10. The van der Waals surface area contributed by atoms with E-state index in [9.17, 15) is 9.90 Å². The van der Waals surface area contributed by atoms with Crippen molar-refractivity contribution in [3.8, 4) is 5.75 Å². The predicted molar refractivity (Wildman–Crippen MR) is 82.9 cm³/mol. The summed E-state index contributed by atoms with van der Waals surface area (Å²) in [5, 5.41) is 12.8. The Morgan fingerprint density at radius 1 is 1.33 bits per heavy atom. The summed E-state index contributed by atoms with van der Waals surface area (Å²) >= 11 is 0. The molecule has 0 saturated heterocycles. The molecule has 0 heterocycles. The molecule has 1 atom stereocenters. The van der Waals surface area contributed by atoms with Gasteiger partial charge in [-0.25, -0.2) is 0 Å². The number of carbonyl (C=O) groups is 1. The maximum absolute atomic E-state index is 11.8. The van der Waals surface area contributed by atoms with Crippen molar-refractivity contribution in [2.75, 3.05) is 13.2 Å². The predicted octanol–water partition coefficient (Wildman–Crippen LogP) is 2.83. The molecule has 0 spiro atoms. The van der Waals surface area contributed by atoms with Gasteiger partial charge >= 0.3 is 5.97 Å². The zero-order valence-corrected chi connectivity index (χ0v) is 13.3. The molecule has 0 bridgehead atoms. The molecule has 1 saturated carbocycles. The number of aliphatic carboxylic acids is 1. The van der Waals surface area contributed by atoms with Gasteiger partial charge in [0.25, 0.3) is 0 Å². The van der Waals surface area contributed by atoms with E-state index < -0.39 is 11.5 Å². The van der Waals surface area contributed by atoms with E-state index in [1.807, 2.05) is 27.7 Å². The first-order valence-corrected chi connectivity index (χ1v) is 7.59. The van der Waals surface area contributed by atoms with Crippen molar-refractivity contribution in [3.63, 3.8) is 0 Å². The number of benzene rings is 1. The Labute approximate surface area is 126 Å². The van der Waals surface area contributed by atoms with Crippen LogP contribution >= 0.6 is 0 Å². The third-order valence-corrected chi connectivity index (χ3v) is 4.20. The van der Waals surface area contributed by atoms with E-state index in [0.717, 1.165) is 29.7 Å². The molecular weight excluding hydrogens is 266 g/mol. The van der Waals surface area contributed by atoms with Gasteiger partial charge in [0, 0.05) is 0 Å². The van der Waals surface area contributed by atoms with Crippen LogP contribution in [-0.4, -0.2) is 29.8 Å². The number of carboxylic acids is 1. The van der Waals surface area contributed by atoms with Crippen molar-refractivity contribution >= 4 is 5.97 Å². The molecule has 1 aliphatic carbocycles. The third-order valence-electron chi connectivity index (χ3n) is 4.20. The first kappa shape index (κ1) is 15.8. The van der Waals surface area contributed by atoms with E-state index in [4.69, 9.17) is 4.74 Å². The van der Waals surface area contributed by atoms with Gasteiger partial charge in [-0.15, -0.1) is 0 Å². The van der Waals surface area contributed by atoms with Crippen molar-refractivity contribution in [2.45, 2.75) is 46.1 Å². The van der Waals surface area contributed by atoms with Crippen molar-refractivity contribution in [2.24, 2.45) is 5.92 Å². The number of hydrogen-bond acceptors (Lipinski definition) is 3. The Morgan fingerprint density at radius 2 is 1.90 bits per heavy atom. The van der Waals surface area contributed by atoms with Crippen LogP contribution in [0.25, 0.3) is 0 Å². The molecule has 1 unspecified atom stereocenters. The number of nitrogens with one attached hydrogen (secondary N) is 1. The number of carboxylic acid groups (broad SMARTS) is 1. The summed E-state index contributed by atoms with van der Waals surface area (Å²) < 4.78 is 5.96. The lowest BCUT2D eigenvalue weighted by molar-refractivity contribution is -0.147. The van der Waals surface area contributed by atoms with Gasteiger partial charge < -0.3 is 9.84 Å². The first-order chi connectivity index (χ1) is 9.90. The highest BCUT2D eigenvalue weighted by atomic mass is 16.5. The number of ether oxygens (including phenoxy) is 1. The molecule has 4 nitrogen and oxygen atoms in total. The largest absolute Gasteiger partial charge is 0.490 e. The Balaban J connectivity index is 2.21. The second kappa shape index (κ2) is 6.06. The molecule has 0 aliphatic heterocycles. The van der Waals surface area contributed by atoms with Crippen molar-refractivity contribution in [1.82, 2.24) is 5.32 Å². The summed E-state index contributed by atoms with van der Waals surface area (Å²) in [4.78, 5) is 11.8. The smallest absolute Gasteiger partial charge is 0.327 e. The van der Waals surface area contributed by atoms with Crippen LogP contribution in [0.5, 0.6) is 5.75 Å². The average Bonchev–Trinajstić information content (AvgIpc) is 3.20. The van der Waals surface area contributed by atoms with E-state index in [0.29, 0.717) is 6.54 Å². The molecule has 1 aromatic carbocycles. The van der Waals surface area contributed by atoms with E-state index in [1.165, 1.54) is 5.56 Å². The Hall–Kier alpha value is -1.55. The van der Waals surface area contributed by atoms with Crippen LogP contribution in [0, 0.1) is 26.7 Å². The number of aryl methyl sites for hydroxylation is 3. The maximum Gasteiger partial charge on any atom is 0.327 e. The van der Waals surface area contributed by atoms with Crippen LogP contribution in [0.1, 0.15) is 36.5 Å². The van der Waals surface area contributed by atoms with Crippen LogP contribution in [0.4, 0.5) is 0 Å². The normalized spacial score (nSPS) is 17.3. The topological polar surface area (TPSA) is 58.6 Å². The minimum Gasteiger partial charge on any atom is -0.490 e. The standard InChI is InChI=1S/C17H25NO3/c1-5-18-17(16(19)20,14-6-7-14)10-21-15-12(3)8-11(2)9-13(15)4/h8-9,14,18H,5-7,10H2,1-4H3,(H,19,20). The van der Waals surface area contributed by atoms with Gasteiger partial charge in [0.2, 0.25) is 0 Å². The van der Waals surface area contributed by atoms with E-state index >= 15 is 0 Å². The van der Waals surface area contributed by atoms with Gasteiger partial charge in [0.15, 0.2) is 5.54 Å². The van der Waals surface area contributed by atoms with Crippen LogP contribution in [-0.2, 0) is 4.79 Å². The molecule has 21 heavy (non-hydrogen) atoms. The molecule has 2 rings (SSSR count). The summed E-state index contributed by atoms with van der Waals surface area (Å²) in [5.74, 6) is 0.167. The fourth-order valence-electron chi connectivity index (χ4n) is 3.10. The second-order valence-electron chi connectivity index (χ2n) is 6.10. The van der Waals surface area contributed by atoms with Crippen LogP contribution in [0.2, 0.25) is 0 Å². The summed E-state index contributed by atoms with van der Waals surface area (Å²) in [6.45, 7) is 8.78. The van der Waals surface area contributed by atoms with Crippen molar-refractivity contribution in [1.29, 1.82) is 0 Å². The summed E-state index contributed by atoms with van der Waals surface area (Å²) in [7, 11) is 0. The molecule has 2 N–H and O–H groups in total. The lowest BCUT2D eigenvalue weighted by atomic mass is 9.94. The fourth-order valence-corrected chi connectivity index (χ4v) is 3.10. The fraction of sp³-hybridized carbons (Fsp3) is 0.588. The van der Waals surface area contributed by atoms with Crippen LogP contribution in [0.15, 0.2) is 12.1 Å². The summed E-state index contributed by atoms with van der Waals surface area (Å²) in [6, 6.07) is 4.13. The highest BCUT2D eigenvalue weighted by molar-refractivity contribution is 5.80. The minimum absolute atomic E-state index is 0.168. The lowest BCUT2D eigenvalue weighted by Gasteiger charge is -2.31. The van der Waals surface area contributed by atoms with Crippen LogP contribution in [0.3, 0.4) is 0 Å². The zero-order valence-electron chi connectivity index (χ0n) is 13.3. The summed E-state index contributed by atoms with van der Waals surface area (Å²) in [6.07, 6.45) is 1.91. The summed E-state index contributed by atoms with van der Waals surface area (Å²) in [5.41, 5.74) is 2.34. The van der Waals surface area contributed by atoms with Gasteiger partial charge in [-0.05, 0) is 57.2 Å². The number of likely N-dealkylation sites (N-methyl/N-ethyl adjacent to an activating group) is 1. The Bertz CT molecular complexity index is 514. The Kier molecular flexibility index (Phi) is 4.57. The molecule has 0 aromatic heterocycles. The van der Waals surface area contributed by atoms with Gasteiger partial charge in [-0.2, -0.15) is 0 Å². The molecule has 1 aliphatic rings. The number of rotatable bonds is 7. The molecular formula is C17H25NO3. The van der Waals surface area contributed by atoms with Crippen molar-refractivity contribution < 1.29 is 14.6 Å². The quantitative estimate of drug-likeness (QED) is 0.811. The molecule has 116 valence electrons. The molecule has 1 fully saturated rings. The number of hydrogen-bond donors (Lipinski definition) is 2. The zero-order chi connectivity index (χ0) is 15.6. The average molecular weight is 291 g/mol. The molecule has 0 radical (unpaired) electrons. The van der Waals surface area contributed by atoms with Crippen molar-refractivity contribution in [3.05, 3.63) is 28.8 Å². The third kappa shape index (κ3) is 3.21. The molecule has 0 amide bonds. The van der Waals surface area contributed by atoms with E-state index in [1.54, 1.807) is 0 Å². The Morgan fingerprint density at radius 3 is 2.33 bits per heavy atom. The van der Waals surface area contributed by atoms with Gasteiger partial charge in [-0.1, -0.05) is 24.6 Å². The highest BCUT2D eigenvalue weighted by Crippen LogP contribution is 2.40. The minimum atomic E-state index is -0.960. The SMILES string of the molecule is CCNC(COc1c(C)cc(C)cc1C)(C(=O)O)C1CC1. The maximum atomic E-state index is 11.8. The van der Waals surface area contributed by atoms with Crippen LogP contribution < -0.4 is 10.1 Å². The van der Waals surface area contributed by atoms with Gasteiger partial charge in [0.05, 0.1) is 0 Å². The molecule has 1 aromatic rings. The van der Waals surface area contributed by atoms with Gasteiger partial charge in [0.1, 0.15) is 12.4 Å². The highest BCUT2D eigenvalue weighted by Gasteiger charge is 2.51. The van der Waals surface area contributed by atoms with E-state index in [2.05, 4.69) is 17.4 Å². The van der Waals surface area contributed by atoms with Gasteiger partial charge in [-0.3, -0.25) is 10.1 Å². The first-order valence-electron chi connectivity index (χ1n) is 7.59. The van der Waals surface area contributed by atoms with E-state index in [-0.39, 0.29) is 12.5 Å².